The third kappa shape index (κ3) is 3.64. The molecule has 2 aromatic heterocycles. The standard InChI is InChI=1S/C22H28N6O3/c1-15(2)19(29)26-10-12-27(13-11-26)21-23-18-17(20(30)25(4)22(31)24(18)3)28(21)14-16-8-6-5-7-9-16/h5-9,15H,10-14H2,1-4H3. The molecule has 1 saturated heterocycles. The highest BCUT2D eigenvalue weighted by molar-refractivity contribution is 5.78. The Bertz CT molecular complexity index is 1230. The number of aromatic nitrogens is 4. The van der Waals surface area contributed by atoms with E-state index in [0.29, 0.717) is 49.8 Å². The molecule has 1 amide bonds. The van der Waals surface area contributed by atoms with Crippen molar-refractivity contribution in [1.29, 1.82) is 0 Å². The molecule has 0 spiro atoms. The Morgan fingerprint density at radius 3 is 2.26 bits per heavy atom. The average Bonchev–Trinajstić information content (AvgIpc) is 3.15. The van der Waals surface area contributed by atoms with Crippen LogP contribution in [0.15, 0.2) is 39.9 Å². The van der Waals surface area contributed by atoms with E-state index in [1.165, 1.54) is 11.6 Å². The summed E-state index contributed by atoms with van der Waals surface area (Å²) in [5.74, 6) is 0.759. The Balaban J connectivity index is 1.80. The van der Waals surface area contributed by atoms with Gasteiger partial charge in [0.15, 0.2) is 11.2 Å². The normalized spacial score (nSPS) is 14.6. The summed E-state index contributed by atoms with van der Waals surface area (Å²) >= 11 is 0. The van der Waals surface area contributed by atoms with Gasteiger partial charge in [0.1, 0.15) is 0 Å². The molecule has 0 saturated carbocycles. The van der Waals surface area contributed by atoms with Crippen molar-refractivity contribution in [2.24, 2.45) is 20.0 Å². The van der Waals surface area contributed by atoms with Crippen LogP contribution in [-0.4, -0.2) is 55.7 Å². The summed E-state index contributed by atoms with van der Waals surface area (Å²) in [5.41, 5.74) is 1.05. The fourth-order valence-electron chi connectivity index (χ4n) is 4.08. The molecule has 0 N–H and O–H groups in total. The number of anilines is 1. The van der Waals surface area contributed by atoms with Crippen molar-refractivity contribution in [3.63, 3.8) is 0 Å². The molecule has 0 bridgehead atoms. The quantitative estimate of drug-likeness (QED) is 0.618. The summed E-state index contributed by atoms with van der Waals surface area (Å²) in [5, 5.41) is 0. The van der Waals surface area contributed by atoms with Crippen LogP contribution in [0.3, 0.4) is 0 Å². The number of amides is 1. The smallest absolute Gasteiger partial charge is 0.332 e. The minimum absolute atomic E-state index is 0.0354. The minimum Gasteiger partial charge on any atom is -0.339 e. The van der Waals surface area contributed by atoms with Gasteiger partial charge in [-0.25, -0.2) is 4.79 Å². The number of fused-ring (bicyclic) bond motifs is 1. The number of imidazole rings is 1. The van der Waals surface area contributed by atoms with Gasteiger partial charge in [0.2, 0.25) is 11.9 Å². The predicted octanol–water partition coefficient (Wildman–Crippen LogP) is 0.787. The van der Waals surface area contributed by atoms with Crippen LogP contribution in [0, 0.1) is 5.92 Å². The molecule has 4 rings (SSSR count). The van der Waals surface area contributed by atoms with E-state index in [9.17, 15) is 14.4 Å². The number of aryl methyl sites for hydroxylation is 1. The second-order valence-corrected chi connectivity index (χ2v) is 8.33. The predicted molar refractivity (Wildman–Crippen MR) is 119 cm³/mol. The van der Waals surface area contributed by atoms with Crippen molar-refractivity contribution in [2.45, 2.75) is 20.4 Å². The molecule has 1 fully saturated rings. The lowest BCUT2D eigenvalue weighted by molar-refractivity contribution is -0.134. The first-order chi connectivity index (χ1) is 14.8. The van der Waals surface area contributed by atoms with Gasteiger partial charge in [-0.05, 0) is 5.56 Å². The Morgan fingerprint density at radius 2 is 1.65 bits per heavy atom. The van der Waals surface area contributed by atoms with Gasteiger partial charge < -0.3 is 9.80 Å². The summed E-state index contributed by atoms with van der Waals surface area (Å²) in [6.45, 7) is 6.71. The van der Waals surface area contributed by atoms with Gasteiger partial charge >= 0.3 is 5.69 Å². The molecule has 9 nitrogen and oxygen atoms in total. The summed E-state index contributed by atoms with van der Waals surface area (Å²) in [4.78, 5) is 46.6. The van der Waals surface area contributed by atoms with E-state index in [0.717, 1.165) is 10.1 Å². The highest BCUT2D eigenvalue weighted by Gasteiger charge is 2.28. The number of nitrogens with zero attached hydrogens (tertiary/aromatic N) is 6. The Kier molecular flexibility index (Phi) is 5.43. The molecule has 0 aliphatic carbocycles. The molecule has 0 atom stereocenters. The number of hydrogen-bond acceptors (Lipinski definition) is 5. The first kappa shape index (κ1) is 20.9. The van der Waals surface area contributed by atoms with Crippen molar-refractivity contribution in [2.75, 3.05) is 31.1 Å². The molecule has 164 valence electrons. The summed E-state index contributed by atoms with van der Waals surface area (Å²) < 4.78 is 4.43. The number of hydrogen-bond donors (Lipinski definition) is 0. The van der Waals surface area contributed by atoms with Gasteiger partial charge in [0, 0.05) is 46.2 Å². The Morgan fingerprint density at radius 1 is 1.00 bits per heavy atom. The van der Waals surface area contributed by atoms with E-state index < -0.39 is 5.69 Å². The maximum Gasteiger partial charge on any atom is 0.332 e. The van der Waals surface area contributed by atoms with Crippen molar-refractivity contribution in [3.8, 4) is 0 Å². The van der Waals surface area contributed by atoms with Crippen molar-refractivity contribution in [1.82, 2.24) is 23.6 Å². The molecule has 1 aliphatic heterocycles. The lowest BCUT2D eigenvalue weighted by atomic mass is 10.1. The average molecular weight is 425 g/mol. The zero-order valence-electron chi connectivity index (χ0n) is 18.4. The van der Waals surface area contributed by atoms with Gasteiger partial charge in [-0.1, -0.05) is 44.2 Å². The third-order valence-electron chi connectivity index (χ3n) is 5.88. The van der Waals surface area contributed by atoms with E-state index >= 15 is 0 Å². The first-order valence-electron chi connectivity index (χ1n) is 10.5. The molecular formula is C22H28N6O3. The number of piperazine rings is 1. The van der Waals surface area contributed by atoms with Crippen LogP contribution in [0.25, 0.3) is 11.2 Å². The highest BCUT2D eigenvalue weighted by atomic mass is 16.2. The topological polar surface area (TPSA) is 85.4 Å². The van der Waals surface area contributed by atoms with E-state index in [-0.39, 0.29) is 17.4 Å². The molecular weight excluding hydrogens is 396 g/mol. The van der Waals surface area contributed by atoms with Crippen molar-refractivity contribution < 1.29 is 4.79 Å². The number of carbonyl (C=O) groups excluding carboxylic acids is 1. The molecule has 9 heteroatoms. The fraction of sp³-hybridized carbons (Fsp3) is 0.455. The Labute approximate surface area is 180 Å². The summed E-state index contributed by atoms with van der Waals surface area (Å²) in [6.07, 6.45) is 0. The lowest BCUT2D eigenvalue weighted by Gasteiger charge is -2.36. The molecule has 1 aromatic carbocycles. The number of rotatable bonds is 4. The second-order valence-electron chi connectivity index (χ2n) is 8.33. The van der Waals surface area contributed by atoms with Crippen LogP contribution < -0.4 is 16.1 Å². The molecule has 31 heavy (non-hydrogen) atoms. The van der Waals surface area contributed by atoms with Gasteiger partial charge in [0.25, 0.3) is 5.56 Å². The fourth-order valence-corrected chi connectivity index (χ4v) is 4.08. The molecule has 0 radical (unpaired) electrons. The summed E-state index contributed by atoms with van der Waals surface area (Å²) in [6, 6.07) is 9.86. The molecule has 3 aromatic rings. The van der Waals surface area contributed by atoms with E-state index in [1.807, 2.05) is 53.6 Å². The zero-order valence-corrected chi connectivity index (χ0v) is 18.4. The van der Waals surface area contributed by atoms with Crippen LogP contribution in [0.5, 0.6) is 0 Å². The largest absolute Gasteiger partial charge is 0.339 e. The van der Waals surface area contributed by atoms with E-state index in [2.05, 4.69) is 4.90 Å². The highest BCUT2D eigenvalue weighted by Crippen LogP contribution is 2.23. The van der Waals surface area contributed by atoms with Gasteiger partial charge in [-0.3, -0.25) is 23.3 Å². The van der Waals surface area contributed by atoms with Crippen LogP contribution in [0.4, 0.5) is 5.95 Å². The number of carbonyl (C=O) groups is 1. The Hall–Kier alpha value is -3.36. The second kappa shape index (κ2) is 8.05. The van der Waals surface area contributed by atoms with Crippen molar-refractivity contribution in [3.05, 3.63) is 56.7 Å². The van der Waals surface area contributed by atoms with Crippen LogP contribution >= 0.6 is 0 Å². The van der Waals surface area contributed by atoms with Gasteiger partial charge in [0.05, 0.1) is 6.54 Å². The SMILES string of the molecule is CC(C)C(=O)N1CCN(c2nc3c(c(=O)n(C)c(=O)n3C)n2Cc2ccccc2)CC1. The van der Waals surface area contributed by atoms with Crippen molar-refractivity contribution >= 4 is 23.0 Å². The van der Waals surface area contributed by atoms with Gasteiger partial charge in [-0.15, -0.1) is 0 Å². The zero-order chi connectivity index (χ0) is 22.3. The summed E-state index contributed by atoms with van der Waals surface area (Å²) in [7, 11) is 3.12. The molecule has 3 heterocycles. The number of benzene rings is 1. The van der Waals surface area contributed by atoms with Crippen LogP contribution in [0.1, 0.15) is 19.4 Å². The molecule has 1 aliphatic rings. The van der Waals surface area contributed by atoms with Crippen LogP contribution in [0.2, 0.25) is 0 Å². The maximum atomic E-state index is 13.0. The van der Waals surface area contributed by atoms with Gasteiger partial charge in [-0.2, -0.15) is 4.98 Å². The molecule has 0 unspecified atom stereocenters. The van der Waals surface area contributed by atoms with Crippen LogP contribution in [-0.2, 0) is 25.4 Å². The monoisotopic (exact) mass is 424 g/mol. The minimum atomic E-state index is -0.402. The maximum absolute atomic E-state index is 13.0. The third-order valence-corrected chi connectivity index (χ3v) is 5.88. The lowest BCUT2D eigenvalue weighted by Crippen LogP contribution is -2.50. The van der Waals surface area contributed by atoms with E-state index in [4.69, 9.17) is 4.98 Å². The van der Waals surface area contributed by atoms with E-state index in [1.54, 1.807) is 7.05 Å². The first-order valence-corrected chi connectivity index (χ1v) is 10.5.